The van der Waals surface area contributed by atoms with Crippen LogP contribution in [0.2, 0.25) is 0 Å². The Hall–Kier alpha value is -1.36. The van der Waals surface area contributed by atoms with Gasteiger partial charge in [0.15, 0.2) is 6.29 Å². The number of nitrogen functional groups attached to an aromatic ring is 1. The van der Waals surface area contributed by atoms with Crippen LogP contribution in [-0.4, -0.2) is 17.9 Å². The number of ether oxygens (including phenoxy) is 1. The summed E-state index contributed by atoms with van der Waals surface area (Å²) in [5.74, 6) is -0.488. The first-order chi connectivity index (χ1) is 6.83. The first kappa shape index (κ1) is 11.7. The van der Waals surface area contributed by atoms with Gasteiger partial charge in [-0.3, -0.25) is 4.79 Å². The van der Waals surface area contributed by atoms with E-state index in [-0.39, 0.29) is 10.6 Å². The molecule has 82 valence electrons. The number of carbonyl (C=O) groups is 2. The Bertz CT molecular complexity index is 390. The number of hydrogen-bond acceptors (Lipinski definition) is 5. The van der Waals surface area contributed by atoms with Crippen molar-refractivity contribution in [2.45, 2.75) is 26.4 Å². The number of carbonyl (C=O) groups excluding carboxylic acids is 2. The molecule has 1 rings (SSSR count). The SMILES string of the molecule is CC(C)(C)OC(=O)c1sc(C=O)cc1N. The van der Waals surface area contributed by atoms with Gasteiger partial charge in [-0.2, -0.15) is 0 Å². The molecular formula is C10H13NO3S. The van der Waals surface area contributed by atoms with Crippen molar-refractivity contribution in [3.8, 4) is 0 Å². The number of rotatable bonds is 2. The van der Waals surface area contributed by atoms with Gasteiger partial charge in [0.05, 0.1) is 10.6 Å². The van der Waals surface area contributed by atoms with Gasteiger partial charge in [0, 0.05) is 0 Å². The molecule has 1 heterocycles. The standard InChI is InChI=1S/C10H13NO3S/c1-10(2,3)14-9(13)8-7(11)4-6(5-12)15-8/h4-5H,11H2,1-3H3. The lowest BCUT2D eigenvalue weighted by molar-refractivity contribution is 0.00763. The van der Waals surface area contributed by atoms with E-state index in [1.807, 2.05) is 0 Å². The van der Waals surface area contributed by atoms with Crippen LogP contribution in [0.1, 0.15) is 40.1 Å². The molecule has 0 saturated carbocycles. The lowest BCUT2D eigenvalue weighted by atomic mass is 10.2. The van der Waals surface area contributed by atoms with Crippen LogP contribution < -0.4 is 5.73 Å². The molecule has 15 heavy (non-hydrogen) atoms. The average Bonchev–Trinajstić information content (AvgIpc) is 2.43. The van der Waals surface area contributed by atoms with E-state index in [1.54, 1.807) is 20.8 Å². The Labute approximate surface area is 92.0 Å². The minimum absolute atomic E-state index is 0.284. The summed E-state index contributed by atoms with van der Waals surface area (Å²) in [7, 11) is 0. The second kappa shape index (κ2) is 4.02. The molecule has 2 N–H and O–H groups in total. The number of aldehydes is 1. The van der Waals surface area contributed by atoms with Crippen LogP contribution in [0.4, 0.5) is 5.69 Å². The van der Waals surface area contributed by atoms with Gasteiger partial charge in [0.25, 0.3) is 0 Å². The third-order valence-electron chi connectivity index (χ3n) is 1.48. The largest absolute Gasteiger partial charge is 0.456 e. The van der Waals surface area contributed by atoms with Crippen molar-refractivity contribution < 1.29 is 14.3 Å². The fourth-order valence-electron chi connectivity index (χ4n) is 0.967. The third-order valence-corrected chi connectivity index (χ3v) is 2.54. The van der Waals surface area contributed by atoms with Gasteiger partial charge in [-0.05, 0) is 26.8 Å². The van der Waals surface area contributed by atoms with Crippen molar-refractivity contribution in [3.63, 3.8) is 0 Å². The van der Waals surface area contributed by atoms with E-state index in [4.69, 9.17) is 10.5 Å². The minimum atomic E-state index is -0.561. The molecule has 0 aliphatic carbocycles. The quantitative estimate of drug-likeness (QED) is 0.620. The minimum Gasteiger partial charge on any atom is -0.456 e. The average molecular weight is 227 g/mol. The summed E-state index contributed by atoms with van der Waals surface area (Å²) in [6, 6.07) is 1.47. The second-order valence-corrected chi connectivity index (χ2v) is 5.14. The highest BCUT2D eigenvalue weighted by atomic mass is 32.1. The number of nitrogens with two attached hydrogens (primary N) is 1. The fourth-order valence-corrected chi connectivity index (χ4v) is 1.74. The topological polar surface area (TPSA) is 69.4 Å². The summed E-state index contributed by atoms with van der Waals surface area (Å²) < 4.78 is 5.14. The molecule has 1 aromatic rings. The molecule has 1 aromatic heterocycles. The van der Waals surface area contributed by atoms with E-state index < -0.39 is 11.6 Å². The highest BCUT2D eigenvalue weighted by Crippen LogP contribution is 2.25. The number of anilines is 1. The summed E-state index contributed by atoms with van der Waals surface area (Å²) >= 11 is 1.04. The molecular weight excluding hydrogens is 214 g/mol. The summed E-state index contributed by atoms with van der Waals surface area (Å²) in [5, 5.41) is 0. The molecule has 5 heteroatoms. The van der Waals surface area contributed by atoms with E-state index in [2.05, 4.69) is 0 Å². The van der Waals surface area contributed by atoms with Gasteiger partial charge in [0.2, 0.25) is 0 Å². The number of hydrogen-bond donors (Lipinski definition) is 1. The summed E-state index contributed by atoms with van der Waals surface area (Å²) in [5.41, 5.74) is 5.32. The summed E-state index contributed by atoms with van der Waals surface area (Å²) in [4.78, 5) is 22.8. The maximum absolute atomic E-state index is 11.6. The molecule has 0 aliphatic rings. The zero-order valence-electron chi connectivity index (χ0n) is 8.87. The van der Waals surface area contributed by atoms with Gasteiger partial charge < -0.3 is 10.5 Å². The highest BCUT2D eigenvalue weighted by Gasteiger charge is 2.21. The molecule has 0 fully saturated rings. The van der Waals surface area contributed by atoms with Crippen LogP contribution in [0.15, 0.2) is 6.07 Å². The Morgan fingerprint density at radius 2 is 2.13 bits per heavy atom. The van der Waals surface area contributed by atoms with Crippen molar-refractivity contribution in [1.82, 2.24) is 0 Å². The fraction of sp³-hybridized carbons (Fsp3) is 0.400. The van der Waals surface area contributed by atoms with Crippen LogP contribution in [-0.2, 0) is 4.74 Å². The van der Waals surface area contributed by atoms with Crippen LogP contribution in [0.3, 0.4) is 0 Å². The smallest absolute Gasteiger partial charge is 0.350 e. The molecule has 0 aliphatic heterocycles. The first-order valence-corrected chi connectivity index (χ1v) is 5.23. The predicted molar refractivity (Wildman–Crippen MR) is 59.3 cm³/mol. The monoisotopic (exact) mass is 227 g/mol. The van der Waals surface area contributed by atoms with E-state index in [9.17, 15) is 9.59 Å². The van der Waals surface area contributed by atoms with E-state index in [0.29, 0.717) is 11.2 Å². The Kier molecular flexibility index (Phi) is 3.14. The summed E-state index contributed by atoms with van der Waals surface area (Å²) in [6.45, 7) is 5.32. The van der Waals surface area contributed by atoms with Crippen molar-refractivity contribution in [3.05, 3.63) is 15.8 Å². The zero-order valence-corrected chi connectivity index (χ0v) is 9.68. The second-order valence-electron chi connectivity index (χ2n) is 4.05. The molecule has 0 radical (unpaired) electrons. The Balaban J connectivity index is 2.91. The molecule has 0 bridgehead atoms. The molecule has 0 spiro atoms. The maximum atomic E-state index is 11.6. The van der Waals surface area contributed by atoms with Gasteiger partial charge in [0.1, 0.15) is 10.5 Å². The van der Waals surface area contributed by atoms with Gasteiger partial charge in [-0.25, -0.2) is 4.79 Å². The van der Waals surface area contributed by atoms with Crippen molar-refractivity contribution in [2.24, 2.45) is 0 Å². The molecule has 4 nitrogen and oxygen atoms in total. The summed E-state index contributed by atoms with van der Waals surface area (Å²) in [6.07, 6.45) is 0.662. The van der Waals surface area contributed by atoms with E-state index >= 15 is 0 Å². The van der Waals surface area contributed by atoms with Crippen LogP contribution >= 0.6 is 11.3 Å². The molecule has 0 aromatic carbocycles. The van der Waals surface area contributed by atoms with Gasteiger partial charge >= 0.3 is 5.97 Å². The molecule has 0 atom stereocenters. The molecule has 0 saturated heterocycles. The number of esters is 1. The highest BCUT2D eigenvalue weighted by molar-refractivity contribution is 7.16. The zero-order chi connectivity index (χ0) is 11.6. The van der Waals surface area contributed by atoms with Crippen LogP contribution in [0.25, 0.3) is 0 Å². The Morgan fingerprint density at radius 3 is 2.53 bits per heavy atom. The lowest BCUT2D eigenvalue weighted by Gasteiger charge is -2.18. The van der Waals surface area contributed by atoms with Crippen molar-refractivity contribution in [2.75, 3.05) is 5.73 Å². The predicted octanol–water partition coefficient (Wildman–Crippen LogP) is 2.10. The normalized spacial score (nSPS) is 11.1. The first-order valence-electron chi connectivity index (χ1n) is 4.41. The third kappa shape index (κ3) is 3.06. The van der Waals surface area contributed by atoms with E-state index in [1.165, 1.54) is 6.07 Å². The maximum Gasteiger partial charge on any atom is 0.350 e. The van der Waals surface area contributed by atoms with Crippen molar-refractivity contribution in [1.29, 1.82) is 0 Å². The van der Waals surface area contributed by atoms with E-state index in [0.717, 1.165) is 11.3 Å². The van der Waals surface area contributed by atoms with Gasteiger partial charge in [-0.15, -0.1) is 11.3 Å². The molecule has 0 unspecified atom stereocenters. The molecule has 0 amide bonds. The lowest BCUT2D eigenvalue weighted by Crippen LogP contribution is -2.23. The Morgan fingerprint density at radius 1 is 1.53 bits per heavy atom. The van der Waals surface area contributed by atoms with Crippen LogP contribution in [0, 0.1) is 0 Å². The van der Waals surface area contributed by atoms with Crippen molar-refractivity contribution >= 4 is 29.3 Å². The number of thiophene rings is 1. The van der Waals surface area contributed by atoms with Gasteiger partial charge in [-0.1, -0.05) is 0 Å². The van der Waals surface area contributed by atoms with Crippen LogP contribution in [0.5, 0.6) is 0 Å².